The second-order valence-corrected chi connectivity index (χ2v) is 5.17. The van der Waals surface area contributed by atoms with Crippen LogP contribution in [0.5, 0.6) is 5.75 Å². The van der Waals surface area contributed by atoms with Gasteiger partial charge in [-0.05, 0) is 42.7 Å². The monoisotopic (exact) mass is 297 g/mol. The minimum absolute atomic E-state index is 0.290. The number of anilines is 2. The normalized spacial score (nSPS) is 10.8. The zero-order valence-corrected chi connectivity index (χ0v) is 12.7. The van der Waals surface area contributed by atoms with E-state index in [1.54, 1.807) is 11.6 Å². The number of nitrogens with one attached hydrogen (secondary N) is 1. The van der Waals surface area contributed by atoms with E-state index in [2.05, 4.69) is 33.6 Å². The number of nitrogens with two attached hydrogens (primary N) is 1. The van der Waals surface area contributed by atoms with Gasteiger partial charge in [0, 0.05) is 6.54 Å². The first-order chi connectivity index (χ1) is 10.7. The maximum absolute atomic E-state index is 5.64. The van der Waals surface area contributed by atoms with Crippen molar-refractivity contribution in [1.82, 2.24) is 14.6 Å². The van der Waals surface area contributed by atoms with Gasteiger partial charge in [-0.2, -0.15) is 4.98 Å². The molecule has 0 saturated carbocycles. The Kier molecular flexibility index (Phi) is 3.82. The van der Waals surface area contributed by atoms with Gasteiger partial charge in [-0.25, -0.2) is 4.52 Å². The molecule has 0 unspecified atom stereocenters. The summed E-state index contributed by atoms with van der Waals surface area (Å²) in [5, 5.41) is 7.55. The smallest absolute Gasteiger partial charge is 0.240 e. The van der Waals surface area contributed by atoms with E-state index in [-0.39, 0.29) is 0 Å². The third kappa shape index (κ3) is 2.95. The van der Waals surface area contributed by atoms with E-state index >= 15 is 0 Å². The number of rotatable bonds is 5. The molecule has 6 nitrogen and oxygen atoms in total. The van der Waals surface area contributed by atoms with Gasteiger partial charge < -0.3 is 15.8 Å². The van der Waals surface area contributed by atoms with Crippen molar-refractivity contribution in [3.8, 4) is 5.75 Å². The fraction of sp³-hybridized carbons (Fsp3) is 0.250. The number of hydrogen-bond acceptors (Lipinski definition) is 5. The quantitative estimate of drug-likeness (QED) is 0.755. The molecule has 22 heavy (non-hydrogen) atoms. The summed E-state index contributed by atoms with van der Waals surface area (Å²) >= 11 is 0. The van der Waals surface area contributed by atoms with E-state index in [4.69, 9.17) is 10.5 Å². The van der Waals surface area contributed by atoms with Crippen LogP contribution in [-0.2, 0) is 6.42 Å². The third-order valence-electron chi connectivity index (χ3n) is 3.54. The molecule has 2 aromatic heterocycles. The van der Waals surface area contributed by atoms with Gasteiger partial charge >= 0.3 is 0 Å². The minimum Gasteiger partial charge on any atom is -0.497 e. The van der Waals surface area contributed by atoms with Crippen LogP contribution in [0.3, 0.4) is 0 Å². The van der Waals surface area contributed by atoms with Crippen molar-refractivity contribution in [3.63, 3.8) is 0 Å². The van der Waals surface area contributed by atoms with Gasteiger partial charge in [0.2, 0.25) is 5.95 Å². The van der Waals surface area contributed by atoms with Crippen molar-refractivity contribution in [2.45, 2.75) is 13.3 Å². The second-order valence-electron chi connectivity index (χ2n) is 5.17. The number of hydrogen-bond donors (Lipinski definition) is 2. The Bertz CT molecular complexity index is 779. The first-order valence-corrected chi connectivity index (χ1v) is 7.15. The number of aromatic nitrogens is 3. The van der Waals surface area contributed by atoms with Gasteiger partial charge in [0.25, 0.3) is 0 Å². The number of aryl methyl sites for hydroxylation is 1. The highest BCUT2D eigenvalue weighted by molar-refractivity contribution is 5.57. The van der Waals surface area contributed by atoms with Crippen molar-refractivity contribution in [2.75, 3.05) is 24.7 Å². The summed E-state index contributed by atoms with van der Waals surface area (Å²) in [4.78, 5) is 4.19. The molecule has 0 fully saturated rings. The molecule has 0 aliphatic carbocycles. The summed E-state index contributed by atoms with van der Waals surface area (Å²) in [5.74, 6) is 1.17. The molecule has 0 amide bonds. The van der Waals surface area contributed by atoms with Crippen LogP contribution in [0.2, 0.25) is 0 Å². The topological polar surface area (TPSA) is 77.5 Å². The average molecular weight is 297 g/mol. The Labute approximate surface area is 128 Å². The molecule has 2 heterocycles. The van der Waals surface area contributed by atoms with E-state index in [1.165, 1.54) is 5.56 Å². The Balaban J connectivity index is 1.65. The van der Waals surface area contributed by atoms with Crippen molar-refractivity contribution < 1.29 is 4.74 Å². The lowest BCUT2D eigenvalue weighted by Crippen LogP contribution is -2.06. The molecule has 114 valence electrons. The van der Waals surface area contributed by atoms with Gasteiger partial charge in [0.15, 0.2) is 5.65 Å². The summed E-state index contributed by atoms with van der Waals surface area (Å²) in [7, 11) is 1.67. The Morgan fingerprint density at radius 2 is 2.05 bits per heavy atom. The standard InChI is InChI=1S/C16H19N5O/c1-11-9-13(10-21-15(11)19-16(17)20-21)18-8-7-12-3-5-14(22-2)6-4-12/h3-6,9-10,18H,7-8H2,1-2H3,(H2,17,20). The molecule has 0 radical (unpaired) electrons. The Morgan fingerprint density at radius 1 is 1.27 bits per heavy atom. The SMILES string of the molecule is COc1ccc(CCNc2cc(C)c3nc(N)nn3c2)cc1. The summed E-state index contributed by atoms with van der Waals surface area (Å²) in [6.45, 7) is 2.83. The predicted octanol–water partition coefficient (Wildman–Crippen LogP) is 2.28. The van der Waals surface area contributed by atoms with E-state index in [0.29, 0.717) is 5.95 Å². The Morgan fingerprint density at radius 3 is 2.77 bits per heavy atom. The van der Waals surface area contributed by atoms with Crippen LogP contribution in [0.4, 0.5) is 11.6 Å². The van der Waals surface area contributed by atoms with Crippen molar-refractivity contribution in [2.24, 2.45) is 0 Å². The van der Waals surface area contributed by atoms with E-state index in [9.17, 15) is 0 Å². The van der Waals surface area contributed by atoms with Crippen LogP contribution < -0.4 is 15.8 Å². The average Bonchev–Trinajstić information content (AvgIpc) is 2.89. The van der Waals surface area contributed by atoms with Crippen LogP contribution in [0.25, 0.3) is 5.65 Å². The molecule has 0 aliphatic rings. The van der Waals surface area contributed by atoms with Gasteiger partial charge in [0.1, 0.15) is 5.75 Å². The van der Waals surface area contributed by atoms with Crippen LogP contribution >= 0.6 is 0 Å². The lowest BCUT2D eigenvalue weighted by molar-refractivity contribution is 0.414. The molecular formula is C16H19N5O. The molecule has 3 rings (SSSR count). The lowest BCUT2D eigenvalue weighted by atomic mass is 10.1. The minimum atomic E-state index is 0.290. The molecule has 6 heteroatoms. The lowest BCUT2D eigenvalue weighted by Gasteiger charge is -2.08. The summed E-state index contributed by atoms with van der Waals surface area (Å²) in [6, 6.07) is 10.2. The molecule has 3 N–H and O–H groups in total. The van der Waals surface area contributed by atoms with Crippen LogP contribution in [0, 0.1) is 6.92 Å². The highest BCUT2D eigenvalue weighted by Crippen LogP contribution is 2.16. The van der Waals surface area contributed by atoms with Crippen LogP contribution in [-0.4, -0.2) is 28.3 Å². The van der Waals surface area contributed by atoms with Gasteiger partial charge in [0.05, 0.1) is 19.0 Å². The van der Waals surface area contributed by atoms with Crippen LogP contribution in [0.1, 0.15) is 11.1 Å². The first kappa shape index (κ1) is 14.2. The molecule has 1 aromatic carbocycles. The van der Waals surface area contributed by atoms with E-state index in [0.717, 1.165) is 35.6 Å². The van der Waals surface area contributed by atoms with Gasteiger partial charge in [-0.1, -0.05) is 12.1 Å². The van der Waals surface area contributed by atoms with Crippen LogP contribution in [0.15, 0.2) is 36.5 Å². The molecule has 3 aromatic rings. The molecule has 0 aliphatic heterocycles. The van der Waals surface area contributed by atoms with Crippen molar-refractivity contribution >= 4 is 17.3 Å². The Hall–Kier alpha value is -2.76. The third-order valence-corrected chi connectivity index (χ3v) is 3.54. The van der Waals surface area contributed by atoms with E-state index in [1.807, 2.05) is 25.3 Å². The fourth-order valence-corrected chi connectivity index (χ4v) is 2.41. The number of nitrogens with zero attached hydrogens (tertiary/aromatic N) is 3. The molecular weight excluding hydrogens is 278 g/mol. The maximum Gasteiger partial charge on any atom is 0.240 e. The molecule has 0 bridgehead atoms. The number of nitrogen functional groups attached to an aromatic ring is 1. The number of methoxy groups -OCH3 is 1. The predicted molar refractivity (Wildman–Crippen MR) is 87.3 cm³/mol. The zero-order chi connectivity index (χ0) is 15.5. The van der Waals surface area contributed by atoms with Gasteiger partial charge in [-0.3, -0.25) is 0 Å². The number of ether oxygens (including phenoxy) is 1. The van der Waals surface area contributed by atoms with E-state index < -0.39 is 0 Å². The first-order valence-electron chi connectivity index (χ1n) is 7.15. The highest BCUT2D eigenvalue weighted by atomic mass is 16.5. The number of fused-ring (bicyclic) bond motifs is 1. The number of pyridine rings is 1. The molecule has 0 spiro atoms. The van der Waals surface area contributed by atoms with Crippen molar-refractivity contribution in [1.29, 1.82) is 0 Å². The summed E-state index contributed by atoms with van der Waals surface area (Å²) in [6.07, 6.45) is 2.83. The largest absolute Gasteiger partial charge is 0.497 e. The zero-order valence-electron chi connectivity index (χ0n) is 12.7. The second kappa shape index (κ2) is 5.93. The maximum atomic E-state index is 5.64. The fourth-order valence-electron chi connectivity index (χ4n) is 2.41. The molecule has 0 atom stereocenters. The number of benzene rings is 1. The summed E-state index contributed by atoms with van der Waals surface area (Å²) < 4.78 is 6.87. The summed E-state index contributed by atoms with van der Waals surface area (Å²) in [5.41, 5.74) is 9.73. The highest BCUT2D eigenvalue weighted by Gasteiger charge is 2.05. The molecule has 0 saturated heterocycles. The van der Waals surface area contributed by atoms with Gasteiger partial charge in [-0.15, -0.1) is 5.10 Å². The van der Waals surface area contributed by atoms with Crippen molar-refractivity contribution in [3.05, 3.63) is 47.7 Å².